The second kappa shape index (κ2) is 5.02. The zero-order chi connectivity index (χ0) is 14.3. The quantitative estimate of drug-likeness (QED) is 0.855. The van der Waals surface area contributed by atoms with Gasteiger partial charge < -0.3 is 5.32 Å². The Morgan fingerprint density at radius 2 is 1.75 bits per heavy atom. The molecule has 1 fully saturated rings. The van der Waals surface area contributed by atoms with E-state index in [4.69, 9.17) is 0 Å². The molecule has 1 atom stereocenters. The van der Waals surface area contributed by atoms with Crippen LogP contribution < -0.4 is 5.32 Å². The van der Waals surface area contributed by atoms with Gasteiger partial charge in [-0.1, -0.05) is 12.1 Å². The first-order chi connectivity index (χ1) is 9.59. The van der Waals surface area contributed by atoms with Crippen LogP contribution in [0.4, 0.5) is 0 Å². The van der Waals surface area contributed by atoms with Crippen molar-refractivity contribution >= 4 is 11.8 Å². The molecule has 4 heteroatoms. The topological polar surface area (TPSA) is 49.4 Å². The van der Waals surface area contributed by atoms with E-state index in [9.17, 15) is 9.59 Å². The van der Waals surface area contributed by atoms with Crippen LogP contribution in [0.15, 0.2) is 12.1 Å². The Morgan fingerprint density at radius 1 is 1.15 bits per heavy atom. The molecule has 2 heterocycles. The average molecular weight is 272 g/mol. The molecule has 0 saturated carbocycles. The zero-order valence-corrected chi connectivity index (χ0v) is 12.0. The molecule has 20 heavy (non-hydrogen) atoms. The van der Waals surface area contributed by atoms with E-state index in [1.54, 1.807) is 0 Å². The van der Waals surface area contributed by atoms with E-state index in [0.717, 1.165) is 37.1 Å². The summed E-state index contributed by atoms with van der Waals surface area (Å²) in [7, 11) is 0. The molecule has 1 unspecified atom stereocenters. The first kappa shape index (κ1) is 13.3. The molecule has 0 radical (unpaired) electrons. The molecule has 3 rings (SSSR count). The maximum absolute atomic E-state index is 12.5. The number of hydrogen-bond donors (Lipinski definition) is 1. The largest absolute Gasteiger partial charge is 0.316 e. The number of amides is 2. The van der Waals surface area contributed by atoms with E-state index in [1.165, 1.54) is 4.90 Å². The summed E-state index contributed by atoms with van der Waals surface area (Å²) in [4.78, 5) is 26.4. The number of nitrogens with zero attached hydrogens (tertiary/aromatic N) is 1. The number of aryl methyl sites for hydroxylation is 2. The van der Waals surface area contributed by atoms with Gasteiger partial charge in [-0.25, -0.2) is 0 Å². The Hall–Kier alpha value is -1.68. The molecule has 0 bridgehead atoms. The number of fused-ring (bicyclic) bond motifs is 1. The molecule has 1 aromatic rings. The highest BCUT2D eigenvalue weighted by Crippen LogP contribution is 2.29. The minimum atomic E-state index is -0.114. The number of rotatable bonds is 3. The van der Waals surface area contributed by atoms with Gasteiger partial charge >= 0.3 is 0 Å². The number of carbonyl (C=O) groups is 2. The second-order valence-corrected chi connectivity index (χ2v) is 5.86. The number of carbonyl (C=O) groups excluding carboxylic acids is 2. The molecule has 0 spiro atoms. The standard InChI is InChI=1S/C16H20N2O2/c1-10-3-4-11(2)14-13(10)15(19)18(16(14)20)8-6-12-5-7-17-9-12/h3-4,12,17H,5-9H2,1-2H3. The van der Waals surface area contributed by atoms with Crippen molar-refractivity contribution in [3.8, 4) is 0 Å². The smallest absolute Gasteiger partial charge is 0.261 e. The van der Waals surface area contributed by atoms with Crippen molar-refractivity contribution < 1.29 is 9.59 Å². The third kappa shape index (κ3) is 2.04. The Bertz CT molecular complexity index is 533. The Balaban J connectivity index is 1.82. The maximum Gasteiger partial charge on any atom is 0.261 e. The molecule has 1 aromatic carbocycles. The molecule has 106 valence electrons. The van der Waals surface area contributed by atoms with Crippen LogP contribution in [0.5, 0.6) is 0 Å². The monoisotopic (exact) mass is 272 g/mol. The van der Waals surface area contributed by atoms with Gasteiger partial charge in [0.15, 0.2) is 0 Å². The lowest BCUT2D eigenvalue weighted by atomic mass is 9.99. The summed E-state index contributed by atoms with van der Waals surface area (Å²) in [6.45, 7) is 6.38. The van der Waals surface area contributed by atoms with Gasteiger partial charge in [-0.05, 0) is 56.8 Å². The minimum Gasteiger partial charge on any atom is -0.316 e. The Labute approximate surface area is 119 Å². The van der Waals surface area contributed by atoms with Gasteiger partial charge in [0.25, 0.3) is 11.8 Å². The number of nitrogens with one attached hydrogen (secondary N) is 1. The first-order valence-electron chi connectivity index (χ1n) is 7.26. The summed E-state index contributed by atoms with van der Waals surface area (Å²) in [6, 6.07) is 3.84. The second-order valence-electron chi connectivity index (χ2n) is 5.86. The van der Waals surface area contributed by atoms with Crippen LogP contribution in [0.25, 0.3) is 0 Å². The molecule has 0 aromatic heterocycles. The minimum absolute atomic E-state index is 0.114. The van der Waals surface area contributed by atoms with Crippen molar-refractivity contribution in [3.63, 3.8) is 0 Å². The van der Waals surface area contributed by atoms with E-state index in [-0.39, 0.29) is 11.8 Å². The van der Waals surface area contributed by atoms with Crippen LogP contribution in [-0.2, 0) is 0 Å². The average Bonchev–Trinajstić information content (AvgIpc) is 3.01. The van der Waals surface area contributed by atoms with Gasteiger partial charge in [-0.3, -0.25) is 14.5 Å². The fourth-order valence-electron chi connectivity index (χ4n) is 3.20. The van der Waals surface area contributed by atoms with Crippen molar-refractivity contribution in [2.75, 3.05) is 19.6 Å². The van der Waals surface area contributed by atoms with Gasteiger partial charge in [0.05, 0.1) is 11.1 Å². The molecular weight excluding hydrogens is 252 g/mol. The van der Waals surface area contributed by atoms with Crippen LogP contribution in [0.3, 0.4) is 0 Å². The fraction of sp³-hybridized carbons (Fsp3) is 0.500. The molecule has 0 aliphatic carbocycles. The van der Waals surface area contributed by atoms with Crippen LogP contribution in [0.2, 0.25) is 0 Å². The van der Waals surface area contributed by atoms with E-state index in [2.05, 4.69) is 5.32 Å². The predicted octanol–water partition coefficient (Wildman–Crippen LogP) is 1.90. The van der Waals surface area contributed by atoms with E-state index >= 15 is 0 Å². The van der Waals surface area contributed by atoms with Gasteiger partial charge in [-0.2, -0.15) is 0 Å². The van der Waals surface area contributed by atoms with Gasteiger partial charge in [0, 0.05) is 6.54 Å². The normalized spacial score (nSPS) is 21.7. The lowest BCUT2D eigenvalue weighted by Crippen LogP contribution is -2.32. The molecule has 2 aliphatic rings. The van der Waals surface area contributed by atoms with Crippen LogP contribution in [-0.4, -0.2) is 36.3 Å². The lowest BCUT2D eigenvalue weighted by Gasteiger charge is -2.16. The third-order valence-electron chi connectivity index (χ3n) is 4.46. The molecule has 1 saturated heterocycles. The van der Waals surface area contributed by atoms with E-state index in [0.29, 0.717) is 23.6 Å². The van der Waals surface area contributed by atoms with Gasteiger partial charge in [-0.15, -0.1) is 0 Å². The van der Waals surface area contributed by atoms with Crippen molar-refractivity contribution in [2.45, 2.75) is 26.7 Å². The van der Waals surface area contributed by atoms with Crippen LogP contribution >= 0.6 is 0 Å². The third-order valence-corrected chi connectivity index (χ3v) is 4.46. The highest BCUT2D eigenvalue weighted by atomic mass is 16.2. The lowest BCUT2D eigenvalue weighted by molar-refractivity contribution is 0.0646. The number of benzene rings is 1. The predicted molar refractivity (Wildman–Crippen MR) is 76.9 cm³/mol. The van der Waals surface area contributed by atoms with Gasteiger partial charge in [0.2, 0.25) is 0 Å². The maximum atomic E-state index is 12.5. The molecule has 1 N–H and O–H groups in total. The summed E-state index contributed by atoms with van der Waals surface area (Å²) in [5.41, 5.74) is 3.02. The highest BCUT2D eigenvalue weighted by Gasteiger charge is 2.37. The number of hydrogen-bond acceptors (Lipinski definition) is 3. The van der Waals surface area contributed by atoms with Crippen LogP contribution in [0.1, 0.15) is 44.7 Å². The van der Waals surface area contributed by atoms with Gasteiger partial charge in [0.1, 0.15) is 0 Å². The van der Waals surface area contributed by atoms with Crippen molar-refractivity contribution in [3.05, 3.63) is 34.4 Å². The molecular formula is C16H20N2O2. The molecule has 2 aliphatic heterocycles. The first-order valence-corrected chi connectivity index (χ1v) is 7.26. The molecule has 4 nitrogen and oxygen atoms in total. The van der Waals surface area contributed by atoms with E-state index < -0.39 is 0 Å². The van der Waals surface area contributed by atoms with E-state index in [1.807, 2.05) is 26.0 Å². The van der Waals surface area contributed by atoms with Crippen molar-refractivity contribution in [2.24, 2.45) is 5.92 Å². The van der Waals surface area contributed by atoms with Crippen molar-refractivity contribution in [1.29, 1.82) is 0 Å². The van der Waals surface area contributed by atoms with Crippen molar-refractivity contribution in [1.82, 2.24) is 10.2 Å². The van der Waals surface area contributed by atoms with Crippen LogP contribution in [0, 0.1) is 19.8 Å². The Morgan fingerprint density at radius 3 is 2.25 bits per heavy atom. The summed E-state index contributed by atoms with van der Waals surface area (Å²) in [6.07, 6.45) is 2.04. The summed E-state index contributed by atoms with van der Waals surface area (Å²) < 4.78 is 0. The summed E-state index contributed by atoms with van der Waals surface area (Å²) >= 11 is 0. The summed E-state index contributed by atoms with van der Waals surface area (Å²) in [5, 5.41) is 3.32. The fourth-order valence-corrected chi connectivity index (χ4v) is 3.20. The summed E-state index contributed by atoms with van der Waals surface area (Å²) in [5.74, 6) is 0.357. The number of imide groups is 1. The zero-order valence-electron chi connectivity index (χ0n) is 12.0. The highest BCUT2D eigenvalue weighted by molar-refractivity contribution is 6.22. The molecule has 2 amide bonds. The SMILES string of the molecule is Cc1ccc(C)c2c1C(=O)N(CCC1CCNC1)C2=O. The Kier molecular flexibility index (Phi) is 3.34.